The number of ether oxygens (including phenoxy) is 1. The predicted octanol–water partition coefficient (Wildman–Crippen LogP) is 5.11. The minimum absolute atomic E-state index is 0.247. The van der Waals surface area contributed by atoms with Crippen molar-refractivity contribution in [3.63, 3.8) is 0 Å². The fraction of sp³-hybridized carbons (Fsp3) is 0.259. The molecule has 1 N–H and O–H groups in total. The minimum Gasteiger partial charge on any atom is -0.854 e. The van der Waals surface area contributed by atoms with Gasteiger partial charge in [-0.2, -0.15) is 0 Å². The van der Waals surface area contributed by atoms with Crippen LogP contribution < -0.4 is 15.2 Å². The average Bonchev–Trinajstić information content (AvgIpc) is 3.01. The lowest BCUT2D eigenvalue weighted by Crippen LogP contribution is -2.48. The third-order valence-electron chi connectivity index (χ3n) is 6.65. The Bertz CT molecular complexity index is 1280. The average molecular weight is 475 g/mol. The number of hydrogen-bond donors (Lipinski definition) is 1. The molecule has 2 aliphatic heterocycles. The molecule has 2 aliphatic rings. The highest BCUT2D eigenvalue weighted by atomic mass is 35.5. The van der Waals surface area contributed by atoms with Crippen molar-refractivity contribution >= 4 is 40.3 Å². The van der Waals surface area contributed by atoms with Crippen LogP contribution in [0.5, 0.6) is 5.75 Å². The second kappa shape index (κ2) is 9.12. The minimum atomic E-state index is -0.247. The Balaban J connectivity index is 1.42. The Morgan fingerprint density at radius 3 is 2.59 bits per heavy atom. The molecule has 0 unspecified atom stereocenters. The van der Waals surface area contributed by atoms with E-state index in [0.29, 0.717) is 20.9 Å². The van der Waals surface area contributed by atoms with Gasteiger partial charge in [0.05, 0.1) is 37.1 Å². The Labute approximate surface area is 204 Å². The van der Waals surface area contributed by atoms with Gasteiger partial charge in [0, 0.05) is 40.6 Å². The number of rotatable bonds is 4. The molecule has 34 heavy (non-hydrogen) atoms. The molecule has 7 heteroatoms. The Morgan fingerprint density at radius 2 is 1.79 bits per heavy atom. The number of methoxy groups -OCH3 is 1. The Hall–Kier alpha value is -3.35. The summed E-state index contributed by atoms with van der Waals surface area (Å²) in [6.45, 7) is 1.51. The maximum Gasteiger partial charge on any atom is 0.127 e. The fourth-order valence-corrected chi connectivity index (χ4v) is 4.92. The molecule has 2 heterocycles. The van der Waals surface area contributed by atoms with Crippen LogP contribution in [-0.2, 0) is 0 Å². The molecule has 6 nitrogen and oxygen atoms in total. The van der Waals surface area contributed by atoms with Crippen molar-refractivity contribution in [2.75, 3.05) is 32.6 Å². The summed E-state index contributed by atoms with van der Waals surface area (Å²) in [6.07, 6.45) is 1.75. The highest BCUT2D eigenvalue weighted by Crippen LogP contribution is 2.39. The number of para-hydroxylation sites is 2. The molecule has 1 fully saturated rings. The summed E-state index contributed by atoms with van der Waals surface area (Å²) in [5, 5.41) is 21.7. The molecule has 3 aromatic rings. The third kappa shape index (κ3) is 4.39. The second-order valence-corrected chi connectivity index (χ2v) is 9.43. The molecule has 174 valence electrons. The van der Waals surface area contributed by atoms with Crippen LogP contribution >= 0.6 is 11.6 Å². The summed E-state index contributed by atoms with van der Waals surface area (Å²) < 4.78 is 5.70. The SMILES string of the molecule is COc1ccccc1/C([O-])=N/[N+]1(C)CCC(C2=Nc3cc(Cl)ccc3Nc3ccccc32)CC1. The van der Waals surface area contributed by atoms with Crippen LogP contribution in [0.2, 0.25) is 5.02 Å². The molecular weight excluding hydrogens is 448 g/mol. The first-order valence-electron chi connectivity index (χ1n) is 11.5. The molecule has 0 aromatic heterocycles. The van der Waals surface area contributed by atoms with Gasteiger partial charge in [0.1, 0.15) is 18.8 Å². The zero-order valence-corrected chi connectivity index (χ0v) is 20.0. The van der Waals surface area contributed by atoms with Gasteiger partial charge in [0.2, 0.25) is 0 Å². The predicted molar refractivity (Wildman–Crippen MR) is 136 cm³/mol. The van der Waals surface area contributed by atoms with E-state index >= 15 is 0 Å². The first kappa shape index (κ1) is 22.4. The molecule has 1 saturated heterocycles. The smallest absolute Gasteiger partial charge is 0.127 e. The van der Waals surface area contributed by atoms with E-state index in [1.807, 2.05) is 49.5 Å². The molecule has 3 aromatic carbocycles. The molecule has 0 bridgehead atoms. The van der Waals surface area contributed by atoms with Crippen molar-refractivity contribution in [3.05, 3.63) is 82.9 Å². The number of piperidine rings is 1. The quantitative estimate of drug-likeness (QED) is 0.324. The number of hydrogen-bond acceptors (Lipinski definition) is 5. The maximum absolute atomic E-state index is 13.0. The lowest BCUT2D eigenvalue weighted by atomic mass is 9.87. The molecule has 0 aliphatic carbocycles. The first-order valence-corrected chi connectivity index (χ1v) is 11.8. The fourth-order valence-electron chi connectivity index (χ4n) is 4.76. The number of benzene rings is 3. The number of anilines is 2. The summed E-state index contributed by atoms with van der Waals surface area (Å²) in [4.78, 5) is 5.09. The van der Waals surface area contributed by atoms with Crippen LogP contribution in [0.3, 0.4) is 0 Å². The van der Waals surface area contributed by atoms with E-state index in [4.69, 9.17) is 21.3 Å². The number of aliphatic imine (C=N–C) groups is 1. The van der Waals surface area contributed by atoms with Crippen LogP contribution in [0, 0.1) is 5.92 Å². The molecule has 0 radical (unpaired) electrons. The maximum atomic E-state index is 13.0. The Kier molecular flexibility index (Phi) is 6.02. The molecule has 5 rings (SSSR count). The van der Waals surface area contributed by atoms with Gasteiger partial charge >= 0.3 is 0 Å². The molecule has 0 amide bonds. The number of fused-ring (bicyclic) bond motifs is 2. The number of quaternary nitrogens is 1. The van der Waals surface area contributed by atoms with Gasteiger partial charge < -0.3 is 15.2 Å². The van der Waals surface area contributed by atoms with Crippen LogP contribution in [0.15, 0.2) is 76.8 Å². The summed E-state index contributed by atoms with van der Waals surface area (Å²) in [5.41, 5.74) is 5.50. The van der Waals surface area contributed by atoms with E-state index in [0.717, 1.165) is 54.3 Å². The van der Waals surface area contributed by atoms with Crippen LogP contribution in [0.1, 0.15) is 24.0 Å². The van der Waals surface area contributed by atoms with Crippen molar-refractivity contribution in [3.8, 4) is 5.75 Å². The van der Waals surface area contributed by atoms with Crippen LogP contribution in [0.4, 0.5) is 17.1 Å². The van der Waals surface area contributed by atoms with E-state index in [2.05, 4.69) is 22.6 Å². The molecular formula is C27H27ClN4O2. The molecule has 0 spiro atoms. The van der Waals surface area contributed by atoms with Gasteiger partial charge in [-0.1, -0.05) is 53.1 Å². The van der Waals surface area contributed by atoms with Crippen molar-refractivity contribution in [2.24, 2.45) is 16.0 Å². The van der Waals surface area contributed by atoms with Crippen molar-refractivity contribution < 1.29 is 14.4 Å². The van der Waals surface area contributed by atoms with E-state index in [1.165, 1.54) is 0 Å². The summed E-state index contributed by atoms with van der Waals surface area (Å²) in [7, 11) is 3.59. The first-order chi connectivity index (χ1) is 16.5. The van der Waals surface area contributed by atoms with Gasteiger partial charge in [-0.25, -0.2) is 4.59 Å². The highest BCUT2D eigenvalue weighted by molar-refractivity contribution is 6.31. The van der Waals surface area contributed by atoms with Crippen molar-refractivity contribution in [1.29, 1.82) is 0 Å². The number of nitrogens with one attached hydrogen (secondary N) is 1. The summed E-state index contributed by atoms with van der Waals surface area (Å²) in [6, 6.07) is 21.3. The highest BCUT2D eigenvalue weighted by Gasteiger charge is 2.34. The standard InChI is InChI=1S/C27H27ClN4O2/c1-32(31-27(33)21-8-4-6-10-25(21)34-2)15-13-18(14-16-32)26-20-7-3-5-9-22(20)29-23-12-11-19(28)17-24(23)30-26/h3-12,17-18H,13-16H2,1-2H3,(H-,29,30,31,33). The van der Waals surface area contributed by atoms with Crippen molar-refractivity contribution in [2.45, 2.75) is 12.8 Å². The zero-order valence-electron chi connectivity index (χ0n) is 19.3. The van der Waals surface area contributed by atoms with Crippen LogP contribution in [0.25, 0.3) is 0 Å². The topological polar surface area (TPSA) is 69.0 Å². The summed E-state index contributed by atoms with van der Waals surface area (Å²) in [5.74, 6) is 0.561. The lowest BCUT2D eigenvalue weighted by Gasteiger charge is -2.37. The van der Waals surface area contributed by atoms with E-state index in [9.17, 15) is 5.11 Å². The number of nitrogens with zero attached hydrogens (tertiary/aromatic N) is 3. The Morgan fingerprint density at radius 1 is 1.06 bits per heavy atom. The third-order valence-corrected chi connectivity index (χ3v) is 6.88. The van der Waals surface area contributed by atoms with Gasteiger partial charge in [0.15, 0.2) is 0 Å². The zero-order chi connectivity index (χ0) is 23.7. The largest absolute Gasteiger partial charge is 0.854 e. The van der Waals surface area contributed by atoms with Gasteiger partial charge in [0.25, 0.3) is 0 Å². The molecule has 0 saturated carbocycles. The summed E-state index contributed by atoms with van der Waals surface area (Å²) >= 11 is 6.28. The van der Waals surface area contributed by atoms with Crippen molar-refractivity contribution in [1.82, 2.24) is 0 Å². The van der Waals surface area contributed by atoms with Gasteiger partial charge in [-0.3, -0.25) is 4.99 Å². The molecule has 0 atom stereocenters. The van der Waals surface area contributed by atoms with E-state index in [1.54, 1.807) is 19.2 Å². The van der Waals surface area contributed by atoms with E-state index < -0.39 is 0 Å². The van der Waals surface area contributed by atoms with E-state index in [-0.39, 0.29) is 11.8 Å². The lowest BCUT2D eigenvalue weighted by molar-refractivity contribution is -0.922. The normalized spacial score (nSPS) is 22.0. The number of likely N-dealkylation sites (tertiary alicyclic amines) is 1. The van der Waals surface area contributed by atoms with Crippen LogP contribution in [-0.4, -0.2) is 43.4 Å². The number of halogens is 1. The second-order valence-electron chi connectivity index (χ2n) is 8.99. The van der Waals surface area contributed by atoms with Gasteiger partial charge in [-0.15, -0.1) is 0 Å². The van der Waals surface area contributed by atoms with Gasteiger partial charge in [-0.05, 0) is 30.3 Å². The monoisotopic (exact) mass is 474 g/mol.